The number of nitrogens with zero attached hydrogens (tertiary/aromatic N) is 2. The van der Waals surface area contributed by atoms with E-state index in [0.717, 1.165) is 16.8 Å². The van der Waals surface area contributed by atoms with Gasteiger partial charge >= 0.3 is 0 Å². The first kappa shape index (κ1) is 17.1. The third kappa shape index (κ3) is 4.25. The molecule has 1 aromatic rings. The molecule has 4 heteroatoms. The summed E-state index contributed by atoms with van der Waals surface area (Å²) in [5.41, 5.74) is 4.04. The van der Waals surface area contributed by atoms with Gasteiger partial charge in [-0.2, -0.15) is 0 Å². The van der Waals surface area contributed by atoms with Crippen LogP contribution in [-0.4, -0.2) is 10.9 Å². The number of hydrogen-bond acceptors (Lipinski definition) is 4. The maximum absolute atomic E-state index is 11.4. The fraction of sp³-hybridized carbons (Fsp3) is 0.471. The van der Waals surface area contributed by atoms with Crippen LogP contribution in [0, 0.1) is 13.8 Å². The Balaban J connectivity index is 3.29. The summed E-state index contributed by atoms with van der Waals surface area (Å²) in [5.74, 6) is -0.423. The van der Waals surface area contributed by atoms with Crippen LogP contribution in [0.1, 0.15) is 51.3 Å². The maximum Gasteiger partial charge on any atom is 0.183 e. The lowest BCUT2D eigenvalue weighted by molar-refractivity contribution is -0.113. The second-order valence-electron chi connectivity index (χ2n) is 6.40. The highest BCUT2D eigenvalue weighted by Gasteiger charge is 2.16. The van der Waals surface area contributed by atoms with E-state index >= 15 is 0 Å². The Morgan fingerprint density at radius 3 is 1.90 bits per heavy atom. The van der Waals surface area contributed by atoms with Crippen LogP contribution >= 0.6 is 0 Å². The zero-order valence-electron chi connectivity index (χ0n) is 13.9. The molecule has 21 heavy (non-hydrogen) atoms. The van der Waals surface area contributed by atoms with Crippen molar-refractivity contribution in [3.63, 3.8) is 0 Å². The minimum absolute atomic E-state index is 0.00584. The van der Waals surface area contributed by atoms with E-state index in [0.29, 0.717) is 0 Å². The molecule has 114 valence electrons. The molecule has 1 rings (SSSR count). The van der Waals surface area contributed by atoms with Crippen LogP contribution in [0.4, 0.5) is 5.69 Å². The number of hydrogen-bond donors (Lipinski definition) is 1. The molecular weight excluding hydrogens is 264 g/mol. The number of ketones is 1. The number of rotatable bonds is 3. The second-order valence-corrected chi connectivity index (χ2v) is 6.40. The monoisotopic (exact) mass is 288 g/mol. The molecule has 0 saturated carbocycles. The number of aryl methyl sites for hydroxylation is 2. The molecule has 0 spiro atoms. The molecule has 0 heterocycles. The first-order valence-corrected chi connectivity index (χ1v) is 6.98. The summed E-state index contributed by atoms with van der Waals surface area (Å²) in [6.07, 6.45) is 0. The Morgan fingerprint density at radius 1 is 1.10 bits per heavy atom. The third-order valence-electron chi connectivity index (χ3n) is 3.28. The normalized spacial score (nSPS) is 13.5. The largest absolute Gasteiger partial charge is 0.510 e. The number of carbonyl (C=O) groups excluding carboxylic acids is 1. The van der Waals surface area contributed by atoms with Gasteiger partial charge in [-0.1, -0.05) is 32.9 Å². The molecule has 0 bridgehead atoms. The van der Waals surface area contributed by atoms with Crippen LogP contribution in [-0.2, 0) is 10.2 Å². The highest BCUT2D eigenvalue weighted by atomic mass is 16.3. The summed E-state index contributed by atoms with van der Waals surface area (Å²) in [5, 5.41) is 17.5. The Kier molecular flexibility index (Phi) is 5.05. The number of aliphatic hydroxyl groups is 1. The van der Waals surface area contributed by atoms with E-state index in [1.54, 1.807) is 0 Å². The number of allylic oxidation sites excluding steroid dienone is 2. The molecule has 0 radical (unpaired) electrons. The van der Waals surface area contributed by atoms with Gasteiger partial charge in [0.2, 0.25) is 0 Å². The number of aliphatic hydroxyl groups excluding tert-OH is 1. The van der Waals surface area contributed by atoms with Crippen molar-refractivity contribution >= 4 is 11.5 Å². The van der Waals surface area contributed by atoms with Gasteiger partial charge in [0.1, 0.15) is 5.76 Å². The van der Waals surface area contributed by atoms with E-state index in [1.807, 2.05) is 13.8 Å². The Bertz CT molecular complexity index is 593. The van der Waals surface area contributed by atoms with Gasteiger partial charge in [-0.15, -0.1) is 10.2 Å². The van der Waals surface area contributed by atoms with Gasteiger partial charge in [0.15, 0.2) is 11.5 Å². The van der Waals surface area contributed by atoms with Crippen LogP contribution in [0.5, 0.6) is 0 Å². The third-order valence-corrected chi connectivity index (χ3v) is 3.28. The van der Waals surface area contributed by atoms with Crippen LogP contribution in [0.15, 0.2) is 33.8 Å². The lowest BCUT2D eigenvalue weighted by atomic mass is 9.85. The predicted octanol–water partition coefficient (Wildman–Crippen LogP) is 5.06. The molecule has 0 aliphatic heterocycles. The molecule has 0 aromatic heterocycles. The van der Waals surface area contributed by atoms with Crippen LogP contribution < -0.4 is 0 Å². The summed E-state index contributed by atoms with van der Waals surface area (Å²) in [6.45, 7) is 13.2. The summed E-state index contributed by atoms with van der Waals surface area (Å²) in [4.78, 5) is 11.4. The zero-order chi connectivity index (χ0) is 16.4. The minimum Gasteiger partial charge on any atom is -0.510 e. The lowest BCUT2D eigenvalue weighted by Crippen LogP contribution is -2.11. The Labute approximate surface area is 126 Å². The lowest BCUT2D eigenvalue weighted by Gasteiger charge is -2.21. The van der Waals surface area contributed by atoms with Gasteiger partial charge in [0, 0.05) is 6.92 Å². The fourth-order valence-corrected chi connectivity index (χ4v) is 2.04. The van der Waals surface area contributed by atoms with E-state index in [-0.39, 0.29) is 22.7 Å². The molecule has 0 aliphatic carbocycles. The van der Waals surface area contributed by atoms with Gasteiger partial charge in [0.05, 0.1) is 5.69 Å². The number of Topliss-reactive ketones (excluding diaryl/α,β-unsaturated/α-hetero) is 1. The van der Waals surface area contributed by atoms with E-state index in [4.69, 9.17) is 0 Å². The van der Waals surface area contributed by atoms with Crippen molar-refractivity contribution in [3.8, 4) is 0 Å². The van der Waals surface area contributed by atoms with Gasteiger partial charge in [-0.05, 0) is 42.9 Å². The summed E-state index contributed by atoms with van der Waals surface area (Å²) in [7, 11) is 0. The van der Waals surface area contributed by atoms with Crippen LogP contribution in [0.25, 0.3) is 0 Å². The molecule has 0 amide bonds. The summed E-state index contributed by atoms with van der Waals surface area (Å²) in [6, 6.07) is 4.18. The minimum atomic E-state index is -0.305. The molecule has 0 fully saturated rings. The van der Waals surface area contributed by atoms with Crippen LogP contribution in [0.3, 0.4) is 0 Å². The predicted molar refractivity (Wildman–Crippen MR) is 85.1 cm³/mol. The Hall–Kier alpha value is -1.97. The SMILES string of the molecule is CC(=O)/C(N=Nc1c(C)cc(C(C)(C)C)cc1C)=C(\C)O. The van der Waals surface area contributed by atoms with E-state index in [1.165, 1.54) is 19.4 Å². The van der Waals surface area contributed by atoms with Crippen molar-refractivity contribution < 1.29 is 9.90 Å². The molecule has 0 atom stereocenters. The number of azo groups is 1. The quantitative estimate of drug-likeness (QED) is 0.480. The first-order valence-electron chi connectivity index (χ1n) is 6.98. The standard InChI is InChI=1S/C17H24N2O2/c1-10-8-14(17(5,6)7)9-11(2)15(10)18-19-16(12(3)20)13(4)21/h8-9,20H,1-7H3/b16-12-,19-18?. The molecule has 1 aromatic carbocycles. The smallest absolute Gasteiger partial charge is 0.183 e. The summed E-state index contributed by atoms with van der Waals surface area (Å²) >= 11 is 0. The topological polar surface area (TPSA) is 62.0 Å². The van der Waals surface area contributed by atoms with Crippen molar-refractivity contribution in [1.82, 2.24) is 0 Å². The molecular formula is C17H24N2O2. The van der Waals surface area contributed by atoms with E-state index in [2.05, 4.69) is 43.1 Å². The fourth-order valence-electron chi connectivity index (χ4n) is 2.04. The van der Waals surface area contributed by atoms with Gasteiger partial charge in [-0.25, -0.2) is 0 Å². The first-order chi connectivity index (χ1) is 9.54. The molecule has 0 aliphatic rings. The summed E-state index contributed by atoms with van der Waals surface area (Å²) < 4.78 is 0. The Morgan fingerprint density at radius 2 is 1.57 bits per heavy atom. The van der Waals surface area contributed by atoms with Crippen molar-refractivity contribution in [2.45, 2.75) is 53.9 Å². The van der Waals surface area contributed by atoms with E-state index < -0.39 is 0 Å². The average Bonchev–Trinajstić information content (AvgIpc) is 2.30. The highest BCUT2D eigenvalue weighted by molar-refractivity contribution is 5.93. The van der Waals surface area contributed by atoms with Gasteiger partial charge < -0.3 is 5.11 Å². The molecule has 0 unspecified atom stereocenters. The molecule has 4 nitrogen and oxygen atoms in total. The van der Waals surface area contributed by atoms with Gasteiger partial charge in [-0.3, -0.25) is 4.79 Å². The van der Waals surface area contributed by atoms with E-state index in [9.17, 15) is 9.90 Å². The van der Waals surface area contributed by atoms with Crippen molar-refractivity contribution in [3.05, 3.63) is 40.3 Å². The van der Waals surface area contributed by atoms with Crippen molar-refractivity contribution in [1.29, 1.82) is 0 Å². The zero-order valence-corrected chi connectivity index (χ0v) is 13.9. The number of benzene rings is 1. The van der Waals surface area contributed by atoms with Crippen LogP contribution in [0.2, 0.25) is 0 Å². The molecule has 0 saturated heterocycles. The highest BCUT2D eigenvalue weighted by Crippen LogP contribution is 2.31. The maximum atomic E-state index is 11.4. The number of carbonyl (C=O) groups is 1. The van der Waals surface area contributed by atoms with Crippen molar-refractivity contribution in [2.24, 2.45) is 10.2 Å². The average molecular weight is 288 g/mol. The van der Waals surface area contributed by atoms with Gasteiger partial charge in [0.25, 0.3) is 0 Å². The second kappa shape index (κ2) is 6.20. The molecule has 1 N–H and O–H groups in total. The van der Waals surface area contributed by atoms with Crippen molar-refractivity contribution in [2.75, 3.05) is 0 Å².